The highest BCUT2D eigenvalue weighted by atomic mass is 16.2. The van der Waals surface area contributed by atoms with Crippen LogP contribution in [0.5, 0.6) is 0 Å². The molecule has 3 aliphatic rings. The van der Waals surface area contributed by atoms with E-state index >= 15 is 0 Å². The fraction of sp³-hybridized carbons (Fsp3) is 0.750. The number of hydrogen-bond acceptors (Lipinski definition) is 6. The third kappa shape index (κ3) is 4.69. The molecule has 0 unspecified atom stereocenters. The minimum Gasteiger partial charge on any atom is -0.370 e. The van der Waals surface area contributed by atoms with Gasteiger partial charge < -0.3 is 15.5 Å². The van der Waals surface area contributed by atoms with E-state index in [0.717, 1.165) is 83.0 Å². The normalized spacial score (nSPS) is 24.6. The average Bonchev–Trinajstić information content (AvgIpc) is 3.53. The summed E-state index contributed by atoms with van der Waals surface area (Å²) < 4.78 is 0. The van der Waals surface area contributed by atoms with Crippen molar-refractivity contribution >= 4 is 17.7 Å². The molecule has 2 N–H and O–H groups in total. The average molecular weight is 373 g/mol. The summed E-state index contributed by atoms with van der Waals surface area (Å²) in [4.78, 5) is 26.4. The van der Waals surface area contributed by atoms with Crippen molar-refractivity contribution in [2.75, 3.05) is 42.9 Å². The summed E-state index contributed by atoms with van der Waals surface area (Å²) in [5, 5.41) is 6.45. The second-order valence-electron chi connectivity index (χ2n) is 8.11. The molecule has 7 nitrogen and oxygen atoms in total. The number of piperidine rings is 2. The molecule has 148 valence electrons. The smallest absolute Gasteiger partial charge is 0.227 e. The van der Waals surface area contributed by atoms with Gasteiger partial charge in [-0.2, -0.15) is 4.98 Å². The second kappa shape index (κ2) is 8.42. The summed E-state index contributed by atoms with van der Waals surface area (Å²) in [5.41, 5.74) is 0. The molecule has 2 saturated heterocycles. The third-order valence-corrected chi connectivity index (χ3v) is 6.01. The number of nitrogens with zero attached hydrogens (tertiary/aromatic N) is 4. The largest absolute Gasteiger partial charge is 0.370 e. The molecule has 27 heavy (non-hydrogen) atoms. The van der Waals surface area contributed by atoms with Gasteiger partial charge in [0.25, 0.3) is 0 Å². The quantitative estimate of drug-likeness (QED) is 0.794. The van der Waals surface area contributed by atoms with Crippen molar-refractivity contribution in [2.45, 2.75) is 57.5 Å². The van der Waals surface area contributed by atoms with Crippen molar-refractivity contribution in [3.05, 3.63) is 12.3 Å². The SMILES string of the molecule is CCNc1ccnc(N2CCC(N3CCC[C@H](C(=O)NC4CC4)C3)CC2)n1. The van der Waals surface area contributed by atoms with Crippen molar-refractivity contribution in [3.63, 3.8) is 0 Å². The summed E-state index contributed by atoms with van der Waals surface area (Å²) in [6.45, 7) is 6.96. The van der Waals surface area contributed by atoms with Crippen LogP contribution in [-0.4, -0.2) is 65.6 Å². The maximum Gasteiger partial charge on any atom is 0.227 e. The first-order chi connectivity index (χ1) is 13.2. The van der Waals surface area contributed by atoms with Gasteiger partial charge >= 0.3 is 0 Å². The molecule has 0 radical (unpaired) electrons. The lowest BCUT2D eigenvalue weighted by molar-refractivity contribution is -0.127. The van der Waals surface area contributed by atoms with Gasteiger partial charge in [0.05, 0.1) is 5.92 Å². The van der Waals surface area contributed by atoms with Crippen LogP contribution in [0.2, 0.25) is 0 Å². The van der Waals surface area contributed by atoms with Crippen LogP contribution in [0, 0.1) is 5.92 Å². The molecule has 7 heteroatoms. The molecule has 3 heterocycles. The van der Waals surface area contributed by atoms with E-state index in [-0.39, 0.29) is 11.8 Å². The van der Waals surface area contributed by atoms with E-state index in [9.17, 15) is 4.79 Å². The third-order valence-electron chi connectivity index (χ3n) is 6.01. The number of carbonyl (C=O) groups excluding carboxylic acids is 1. The van der Waals surface area contributed by atoms with Crippen LogP contribution >= 0.6 is 0 Å². The van der Waals surface area contributed by atoms with Crippen molar-refractivity contribution in [3.8, 4) is 0 Å². The number of likely N-dealkylation sites (tertiary alicyclic amines) is 1. The number of rotatable bonds is 6. The van der Waals surface area contributed by atoms with Crippen LogP contribution in [0.3, 0.4) is 0 Å². The number of anilines is 2. The van der Waals surface area contributed by atoms with Gasteiger partial charge in [-0.25, -0.2) is 4.98 Å². The van der Waals surface area contributed by atoms with Crippen molar-refractivity contribution in [2.24, 2.45) is 5.92 Å². The van der Waals surface area contributed by atoms with Crippen molar-refractivity contribution < 1.29 is 4.79 Å². The second-order valence-corrected chi connectivity index (χ2v) is 8.11. The fourth-order valence-electron chi connectivity index (χ4n) is 4.31. The van der Waals surface area contributed by atoms with E-state index in [4.69, 9.17) is 0 Å². The zero-order valence-corrected chi connectivity index (χ0v) is 16.4. The first kappa shape index (κ1) is 18.5. The van der Waals surface area contributed by atoms with E-state index in [1.807, 2.05) is 12.3 Å². The molecule has 1 saturated carbocycles. The predicted molar refractivity (Wildman–Crippen MR) is 107 cm³/mol. The monoisotopic (exact) mass is 372 g/mol. The lowest BCUT2D eigenvalue weighted by Gasteiger charge is -2.42. The van der Waals surface area contributed by atoms with Crippen LogP contribution in [0.25, 0.3) is 0 Å². The van der Waals surface area contributed by atoms with E-state index in [1.54, 1.807) is 0 Å². The Morgan fingerprint density at radius 3 is 2.74 bits per heavy atom. The minimum absolute atomic E-state index is 0.178. The van der Waals surface area contributed by atoms with E-state index in [0.29, 0.717) is 12.1 Å². The highest BCUT2D eigenvalue weighted by Crippen LogP contribution is 2.27. The zero-order valence-electron chi connectivity index (χ0n) is 16.4. The van der Waals surface area contributed by atoms with Gasteiger partial charge in [-0.15, -0.1) is 0 Å². The van der Waals surface area contributed by atoms with Gasteiger partial charge in [0.15, 0.2) is 0 Å². The van der Waals surface area contributed by atoms with E-state index in [1.165, 1.54) is 0 Å². The maximum absolute atomic E-state index is 12.4. The van der Waals surface area contributed by atoms with Crippen LogP contribution in [-0.2, 0) is 4.79 Å². The highest BCUT2D eigenvalue weighted by Gasteiger charge is 2.34. The molecule has 0 aromatic carbocycles. The minimum atomic E-state index is 0.178. The van der Waals surface area contributed by atoms with Crippen LogP contribution < -0.4 is 15.5 Å². The molecule has 1 atom stereocenters. The molecule has 2 aliphatic heterocycles. The Balaban J connectivity index is 1.29. The van der Waals surface area contributed by atoms with Crippen LogP contribution in [0.1, 0.15) is 45.4 Å². The van der Waals surface area contributed by atoms with Gasteiger partial charge in [-0.3, -0.25) is 9.69 Å². The fourth-order valence-corrected chi connectivity index (χ4v) is 4.31. The number of hydrogen-bond donors (Lipinski definition) is 2. The van der Waals surface area contributed by atoms with Crippen LogP contribution in [0.15, 0.2) is 12.3 Å². The van der Waals surface area contributed by atoms with Gasteiger partial charge in [0.2, 0.25) is 11.9 Å². The van der Waals surface area contributed by atoms with Crippen molar-refractivity contribution in [1.29, 1.82) is 0 Å². The number of aromatic nitrogens is 2. The summed E-state index contributed by atoms with van der Waals surface area (Å²) in [6.07, 6.45) is 8.57. The molecule has 1 aromatic rings. The number of nitrogens with one attached hydrogen (secondary N) is 2. The molecular weight excluding hydrogens is 340 g/mol. The topological polar surface area (TPSA) is 73.4 Å². The maximum atomic E-state index is 12.4. The number of amides is 1. The standard InChI is InChI=1S/C20H32N6O/c1-2-21-18-7-10-22-20(24-18)25-12-8-17(9-13-25)26-11-3-4-15(14-26)19(27)23-16-5-6-16/h7,10,15-17H,2-6,8-9,11-14H2,1H3,(H,23,27)(H,21,22,24)/t15-/m0/s1. The lowest BCUT2D eigenvalue weighted by atomic mass is 9.93. The predicted octanol–water partition coefficient (Wildman–Crippen LogP) is 1.87. The zero-order chi connectivity index (χ0) is 18.6. The summed E-state index contributed by atoms with van der Waals surface area (Å²) in [7, 11) is 0. The molecule has 4 rings (SSSR count). The van der Waals surface area contributed by atoms with Gasteiger partial charge in [-0.05, 0) is 58.1 Å². The molecule has 1 aromatic heterocycles. The first-order valence-electron chi connectivity index (χ1n) is 10.6. The number of carbonyl (C=O) groups is 1. The first-order valence-corrected chi connectivity index (χ1v) is 10.6. The Hall–Kier alpha value is -1.89. The highest BCUT2D eigenvalue weighted by molar-refractivity contribution is 5.79. The van der Waals surface area contributed by atoms with Gasteiger partial charge in [0, 0.05) is 44.5 Å². The van der Waals surface area contributed by atoms with Crippen molar-refractivity contribution in [1.82, 2.24) is 20.2 Å². The molecule has 1 amide bonds. The Bertz CT molecular complexity index is 641. The van der Waals surface area contributed by atoms with Crippen LogP contribution in [0.4, 0.5) is 11.8 Å². The Morgan fingerprint density at radius 1 is 1.19 bits per heavy atom. The van der Waals surface area contributed by atoms with E-state index < -0.39 is 0 Å². The molecule has 0 spiro atoms. The molecule has 1 aliphatic carbocycles. The Labute approximate surface area is 161 Å². The summed E-state index contributed by atoms with van der Waals surface area (Å²) in [5.74, 6) is 2.18. The van der Waals surface area contributed by atoms with Gasteiger partial charge in [-0.1, -0.05) is 0 Å². The Morgan fingerprint density at radius 2 is 2.00 bits per heavy atom. The molecule has 3 fully saturated rings. The summed E-state index contributed by atoms with van der Waals surface area (Å²) in [6, 6.07) is 2.96. The lowest BCUT2D eigenvalue weighted by Crippen LogP contribution is -2.51. The van der Waals surface area contributed by atoms with Gasteiger partial charge in [0.1, 0.15) is 5.82 Å². The molecular formula is C20H32N6O. The summed E-state index contributed by atoms with van der Waals surface area (Å²) >= 11 is 0. The molecule has 0 bridgehead atoms. The van der Waals surface area contributed by atoms with E-state index in [2.05, 4.69) is 37.3 Å². The Kier molecular flexibility index (Phi) is 5.76.